The predicted octanol–water partition coefficient (Wildman–Crippen LogP) is 0.867. The normalized spacial score (nSPS) is 17.5. The molecule has 6 heteroatoms. The first-order valence-electron chi connectivity index (χ1n) is 6.60. The quantitative estimate of drug-likeness (QED) is 0.841. The Morgan fingerprint density at radius 2 is 2.42 bits per heavy atom. The van der Waals surface area contributed by atoms with Crippen LogP contribution >= 0.6 is 11.3 Å². The summed E-state index contributed by atoms with van der Waals surface area (Å²) in [4.78, 5) is 19.7. The maximum Gasteiger partial charge on any atom is 0.222 e. The van der Waals surface area contributed by atoms with E-state index in [4.69, 9.17) is 0 Å². The van der Waals surface area contributed by atoms with Crippen molar-refractivity contribution >= 4 is 17.2 Å². The zero-order chi connectivity index (χ0) is 13.8. The van der Waals surface area contributed by atoms with Crippen LogP contribution in [0.3, 0.4) is 0 Å². The highest BCUT2D eigenvalue weighted by atomic mass is 32.1. The summed E-state index contributed by atoms with van der Waals surface area (Å²) in [5.74, 6) is 0.164. The molecular weight excluding hydrogens is 262 g/mol. The van der Waals surface area contributed by atoms with E-state index in [-0.39, 0.29) is 5.91 Å². The van der Waals surface area contributed by atoms with Crippen LogP contribution in [0.25, 0.3) is 0 Å². The summed E-state index contributed by atoms with van der Waals surface area (Å²) in [7, 11) is 1.96. The Morgan fingerprint density at radius 3 is 3.00 bits per heavy atom. The standard InChI is InChI=1S/C13H21N3O2S/c1-10-9-19-12(14-10)8-15(2)6-11(17)7-16-5-3-4-13(16)18/h9,11,17H,3-8H2,1-2H3. The fourth-order valence-corrected chi connectivity index (χ4v) is 3.19. The lowest BCUT2D eigenvalue weighted by Gasteiger charge is -2.23. The molecule has 1 unspecified atom stereocenters. The van der Waals surface area contributed by atoms with Crippen LogP contribution in [0.4, 0.5) is 0 Å². The van der Waals surface area contributed by atoms with Gasteiger partial charge in [-0.05, 0) is 20.4 Å². The van der Waals surface area contributed by atoms with Crippen LogP contribution in [0, 0.1) is 6.92 Å². The molecule has 0 aromatic carbocycles. The maximum absolute atomic E-state index is 11.5. The molecule has 1 atom stereocenters. The van der Waals surface area contributed by atoms with Crippen LogP contribution in [0.1, 0.15) is 23.5 Å². The monoisotopic (exact) mass is 283 g/mol. The van der Waals surface area contributed by atoms with Crippen molar-refractivity contribution in [2.75, 3.05) is 26.7 Å². The minimum atomic E-state index is -0.492. The Kier molecular flexibility index (Phi) is 4.90. The Labute approximate surface area is 117 Å². The van der Waals surface area contributed by atoms with E-state index in [0.717, 1.165) is 30.2 Å². The minimum absolute atomic E-state index is 0.164. The van der Waals surface area contributed by atoms with Gasteiger partial charge in [0.2, 0.25) is 5.91 Å². The number of likely N-dealkylation sites (N-methyl/N-ethyl adjacent to an activating group) is 1. The molecular formula is C13H21N3O2S. The average molecular weight is 283 g/mol. The Balaban J connectivity index is 1.75. The number of hydrogen-bond acceptors (Lipinski definition) is 5. The molecule has 0 radical (unpaired) electrons. The van der Waals surface area contributed by atoms with Gasteiger partial charge in [0.25, 0.3) is 0 Å². The highest BCUT2D eigenvalue weighted by molar-refractivity contribution is 7.09. The zero-order valence-electron chi connectivity index (χ0n) is 11.5. The topological polar surface area (TPSA) is 56.7 Å². The number of nitrogens with zero attached hydrogens (tertiary/aromatic N) is 3. The predicted molar refractivity (Wildman–Crippen MR) is 75.0 cm³/mol. The largest absolute Gasteiger partial charge is 0.390 e. The van der Waals surface area contributed by atoms with E-state index in [1.54, 1.807) is 16.2 Å². The number of carbonyl (C=O) groups is 1. The van der Waals surface area contributed by atoms with Crippen LogP contribution in [-0.2, 0) is 11.3 Å². The molecule has 2 heterocycles. The summed E-state index contributed by atoms with van der Waals surface area (Å²) in [6, 6.07) is 0. The number of carbonyl (C=O) groups excluding carboxylic acids is 1. The number of aromatic nitrogens is 1. The van der Waals surface area contributed by atoms with Gasteiger partial charge in [-0.2, -0.15) is 0 Å². The summed E-state index contributed by atoms with van der Waals surface area (Å²) in [5.41, 5.74) is 1.04. The van der Waals surface area contributed by atoms with Gasteiger partial charge in [-0.1, -0.05) is 0 Å². The van der Waals surface area contributed by atoms with Crippen LogP contribution in [0.15, 0.2) is 5.38 Å². The van der Waals surface area contributed by atoms with Gasteiger partial charge in [0.15, 0.2) is 0 Å². The van der Waals surface area contributed by atoms with Crippen molar-refractivity contribution in [1.82, 2.24) is 14.8 Å². The molecule has 1 aliphatic heterocycles. The van der Waals surface area contributed by atoms with Gasteiger partial charge in [0.05, 0.1) is 12.6 Å². The molecule has 1 aliphatic rings. The number of aryl methyl sites for hydroxylation is 1. The minimum Gasteiger partial charge on any atom is -0.390 e. The highest BCUT2D eigenvalue weighted by Crippen LogP contribution is 2.12. The molecule has 1 aromatic rings. The van der Waals surface area contributed by atoms with Gasteiger partial charge in [-0.15, -0.1) is 11.3 Å². The Bertz CT molecular complexity index is 435. The summed E-state index contributed by atoms with van der Waals surface area (Å²) >= 11 is 1.64. The zero-order valence-corrected chi connectivity index (χ0v) is 12.3. The molecule has 0 saturated carbocycles. The van der Waals surface area contributed by atoms with Crippen LogP contribution in [0.5, 0.6) is 0 Å². The van der Waals surface area contributed by atoms with E-state index in [0.29, 0.717) is 19.5 Å². The number of thiazole rings is 1. The van der Waals surface area contributed by atoms with Gasteiger partial charge >= 0.3 is 0 Å². The molecule has 1 amide bonds. The van der Waals surface area contributed by atoms with Crippen LogP contribution < -0.4 is 0 Å². The molecule has 0 aliphatic carbocycles. The van der Waals surface area contributed by atoms with Crippen LogP contribution in [0.2, 0.25) is 0 Å². The van der Waals surface area contributed by atoms with Gasteiger partial charge in [0, 0.05) is 37.1 Å². The molecule has 1 saturated heterocycles. The lowest BCUT2D eigenvalue weighted by molar-refractivity contribution is -0.129. The first-order valence-corrected chi connectivity index (χ1v) is 7.48. The van der Waals surface area contributed by atoms with Gasteiger partial charge < -0.3 is 10.0 Å². The van der Waals surface area contributed by atoms with Crippen molar-refractivity contribution < 1.29 is 9.90 Å². The number of aliphatic hydroxyl groups excluding tert-OH is 1. The second kappa shape index (κ2) is 6.45. The lowest BCUT2D eigenvalue weighted by atomic mass is 10.3. The van der Waals surface area contributed by atoms with Crippen LogP contribution in [-0.4, -0.2) is 58.6 Å². The van der Waals surface area contributed by atoms with Gasteiger partial charge in [-0.25, -0.2) is 4.98 Å². The fourth-order valence-electron chi connectivity index (χ4n) is 2.34. The second-order valence-corrected chi connectivity index (χ2v) is 6.12. The Morgan fingerprint density at radius 1 is 1.63 bits per heavy atom. The van der Waals surface area contributed by atoms with Crippen molar-refractivity contribution in [3.05, 3.63) is 16.1 Å². The lowest BCUT2D eigenvalue weighted by Crippen LogP contribution is -2.39. The molecule has 1 fully saturated rings. The van der Waals surface area contributed by atoms with Crippen molar-refractivity contribution in [2.45, 2.75) is 32.4 Å². The average Bonchev–Trinajstić information content (AvgIpc) is 2.89. The molecule has 0 bridgehead atoms. The van der Waals surface area contributed by atoms with E-state index in [1.165, 1.54) is 0 Å². The van der Waals surface area contributed by atoms with E-state index in [2.05, 4.69) is 4.98 Å². The molecule has 5 nitrogen and oxygen atoms in total. The smallest absolute Gasteiger partial charge is 0.222 e. The number of rotatable bonds is 6. The molecule has 2 rings (SSSR count). The molecule has 19 heavy (non-hydrogen) atoms. The number of β-amino-alcohol motifs (C(OH)–C–C–N with tert-alkyl or cyclic N) is 1. The maximum atomic E-state index is 11.5. The summed E-state index contributed by atoms with van der Waals surface area (Å²) < 4.78 is 0. The van der Waals surface area contributed by atoms with Crippen molar-refractivity contribution in [3.63, 3.8) is 0 Å². The summed E-state index contributed by atoms with van der Waals surface area (Å²) in [6.45, 7) is 4.51. The first-order chi connectivity index (χ1) is 9.04. The summed E-state index contributed by atoms with van der Waals surface area (Å²) in [6.07, 6.45) is 1.05. The number of aliphatic hydroxyl groups is 1. The third kappa shape index (κ3) is 4.26. The molecule has 1 aromatic heterocycles. The highest BCUT2D eigenvalue weighted by Gasteiger charge is 2.23. The number of likely N-dealkylation sites (tertiary alicyclic amines) is 1. The number of amides is 1. The van der Waals surface area contributed by atoms with Gasteiger partial charge in [0.1, 0.15) is 5.01 Å². The van der Waals surface area contributed by atoms with Gasteiger partial charge in [-0.3, -0.25) is 9.69 Å². The van der Waals surface area contributed by atoms with E-state index < -0.39 is 6.10 Å². The van der Waals surface area contributed by atoms with Crippen molar-refractivity contribution in [2.24, 2.45) is 0 Å². The van der Waals surface area contributed by atoms with Crippen molar-refractivity contribution in [3.8, 4) is 0 Å². The number of hydrogen-bond donors (Lipinski definition) is 1. The second-order valence-electron chi connectivity index (χ2n) is 5.18. The molecule has 1 N–H and O–H groups in total. The third-order valence-corrected chi connectivity index (χ3v) is 4.15. The van der Waals surface area contributed by atoms with E-state index in [9.17, 15) is 9.90 Å². The SMILES string of the molecule is Cc1csc(CN(C)CC(O)CN2CCCC2=O)n1. The van der Waals surface area contributed by atoms with E-state index >= 15 is 0 Å². The summed E-state index contributed by atoms with van der Waals surface area (Å²) in [5, 5.41) is 13.1. The fraction of sp³-hybridized carbons (Fsp3) is 0.692. The van der Waals surface area contributed by atoms with Crippen molar-refractivity contribution in [1.29, 1.82) is 0 Å². The first kappa shape index (κ1) is 14.4. The molecule has 106 valence electrons. The van der Waals surface area contributed by atoms with E-state index in [1.807, 2.05) is 24.3 Å². The molecule has 0 spiro atoms. The Hall–Kier alpha value is -0.980. The third-order valence-electron chi connectivity index (χ3n) is 3.20.